The minimum absolute atomic E-state index is 0.00115. The van der Waals surface area contributed by atoms with Gasteiger partial charge in [0.05, 0.1) is 24.7 Å². The highest BCUT2D eigenvalue weighted by atomic mass is 19.4. The summed E-state index contributed by atoms with van der Waals surface area (Å²) >= 11 is 0. The number of morpholine rings is 1. The van der Waals surface area contributed by atoms with Crippen molar-refractivity contribution in [3.63, 3.8) is 0 Å². The minimum Gasteiger partial charge on any atom is -0.371 e. The predicted octanol–water partition coefficient (Wildman–Crippen LogP) is 2.84. The molecule has 8 heteroatoms. The number of alkyl halides is 3. The van der Waals surface area contributed by atoms with Crippen LogP contribution in [0.3, 0.4) is 0 Å². The molecular formula is C21H29F3N2O3. The molecule has 0 aromatic rings. The van der Waals surface area contributed by atoms with Gasteiger partial charge in [-0.05, 0) is 68.6 Å². The van der Waals surface area contributed by atoms with E-state index in [9.17, 15) is 22.8 Å². The number of carbonyl (C=O) groups excluding carboxylic acids is 2. The third-order valence-corrected chi connectivity index (χ3v) is 8.41. The molecule has 4 aliphatic carbocycles. The molecule has 0 unspecified atom stereocenters. The van der Waals surface area contributed by atoms with E-state index in [2.05, 4.69) is 0 Å². The fourth-order valence-corrected chi connectivity index (χ4v) is 7.10. The van der Waals surface area contributed by atoms with E-state index < -0.39 is 23.9 Å². The Hall–Kier alpha value is -1.31. The standard InChI is InChI=1S/C21H29F3N2O3/c22-21(23,24)15-1-3-25(4-2-15)18(27)19(28)26-5-6-29-20(12-26)16-8-13-7-14(10-16)11-17(20)9-13/h13-17H,1-12H2. The monoisotopic (exact) mass is 414 g/mol. The molecule has 5 nitrogen and oxygen atoms in total. The summed E-state index contributed by atoms with van der Waals surface area (Å²) in [5.74, 6) is -0.0810. The molecule has 4 saturated carbocycles. The molecule has 2 heterocycles. The second-order valence-electron chi connectivity index (χ2n) is 9.94. The van der Waals surface area contributed by atoms with Gasteiger partial charge in [0.2, 0.25) is 0 Å². The Morgan fingerprint density at radius 3 is 1.93 bits per heavy atom. The normalized spacial score (nSPS) is 40.0. The molecule has 0 N–H and O–H groups in total. The summed E-state index contributed by atoms with van der Waals surface area (Å²) in [6.45, 7) is 1.29. The zero-order valence-corrected chi connectivity index (χ0v) is 16.6. The van der Waals surface area contributed by atoms with Crippen molar-refractivity contribution in [3.8, 4) is 0 Å². The lowest BCUT2D eigenvalue weighted by atomic mass is 9.49. The van der Waals surface area contributed by atoms with Crippen LogP contribution < -0.4 is 0 Å². The molecule has 0 aromatic heterocycles. The average molecular weight is 414 g/mol. The van der Waals surface area contributed by atoms with Gasteiger partial charge in [-0.2, -0.15) is 13.2 Å². The average Bonchev–Trinajstić information content (AvgIpc) is 2.70. The topological polar surface area (TPSA) is 49.9 Å². The lowest BCUT2D eigenvalue weighted by Crippen LogP contribution is -2.67. The smallest absolute Gasteiger partial charge is 0.371 e. The van der Waals surface area contributed by atoms with Gasteiger partial charge >= 0.3 is 18.0 Å². The highest BCUT2D eigenvalue weighted by molar-refractivity contribution is 6.34. The van der Waals surface area contributed by atoms with Crippen LogP contribution in [0.25, 0.3) is 0 Å². The number of piperidine rings is 1. The van der Waals surface area contributed by atoms with Gasteiger partial charge in [-0.3, -0.25) is 9.59 Å². The van der Waals surface area contributed by atoms with E-state index in [0.29, 0.717) is 31.5 Å². The summed E-state index contributed by atoms with van der Waals surface area (Å²) in [5.41, 5.74) is -0.315. The zero-order valence-electron chi connectivity index (χ0n) is 16.6. The van der Waals surface area contributed by atoms with Crippen LogP contribution in [0.1, 0.15) is 44.9 Å². The first kappa shape index (κ1) is 19.6. The highest BCUT2D eigenvalue weighted by Gasteiger charge is 2.60. The SMILES string of the molecule is O=C(C(=O)N1CCOC2(C1)C1CC3CC(C1)CC2C3)N1CCC(C(F)(F)F)CC1. The van der Waals surface area contributed by atoms with Crippen LogP contribution >= 0.6 is 0 Å². The Morgan fingerprint density at radius 2 is 1.38 bits per heavy atom. The molecule has 6 rings (SSSR count). The van der Waals surface area contributed by atoms with Crippen LogP contribution in [0.5, 0.6) is 0 Å². The summed E-state index contributed by atoms with van der Waals surface area (Å²) in [5, 5.41) is 0. The molecule has 4 bridgehead atoms. The van der Waals surface area contributed by atoms with Gasteiger partial charge in [-0.1, -0.05) is 0 Å². The Morgan fingerprint density at radius 1 is 0.828 bits per heavy atom. The molecule has 162 valence electrons. The van der Waals surface area contributed by atoms with Crippen molar-refractivity contribution in [1.29, 1.82) is 0 Å². The molecule has 6 aliphatic rings. The van der Waals surface area contributed by atoms with Crippen LogP contribution in [-0.2, 0) is 14.3 Å². The van der Waals surface area contributed by atoms with E-state index >= 15 is 0 Å². The van der Waals surface area contributed by atoms with Crippen molar-refractivity contribution in [1.82, 2.24) is 9.80 Å². The van der Waals surface area contributed by atoms with Gasteiger partial charge < -0.3 is 14.5 Å². The van der Waals surface area contributed by atoms with Gasteiger partial charge in [0, 0.05) is 19.6 Å². The van der Waals surface area contributed by atoms with Crippen molar-refractivity contribution in [2.24, 2.45) is 29.6 Å². The Labute approximate surface area is 168 Å². The molecule has 1 spiro atoms. The number of likely N-dealkylation sites (tertiary alicyclic amines) is 1. The quantitative estimate of drug-likeness (QED) is 0.573. The van der Waals surface area contributed by atoms with Gasteiger partial charge in [0.25, 0.3) is 0 Å². The van der Waals surface area contributed by atoms with Gasteiger partial charge in [0.15, 0.2) is 0 Å². The molecule has 6 fully saturated rings. The summed E-state index contributed by atoms with van der Waals surface area (Å²) in [6.07, 6.45) is 1.50. The molecule has 29 heavy (non-hydrogen) atoms. The molecule has 0 radical (unpaired) electrons. The minimum atomic E-state index is -4.23. The van der Waals surface area contributed by atoms with E-state index in [1.807, 2.05) is 0 Å². The van der Waals surface area contributed by atoms with Crippen LogP contribution in [0.2, 0.25) is 0 Å². The number of carbonyl (C=O) groups is 2. The molecular weight excluding hydrogens is 385 g/mol. The Bertz CT molecular complexity index is 659. The van der Waals surface area contributed by atoms with Crippen LogP contribution in [-0.4, -0.2) is 66.2 Å². The first-order chi connectivity index (χ1) is 13.8. The first-order valence-corrected chi connectivity index (χ1v) is 11.0. The Kier molecular flexibility index (Phi) is 4.64. The number of amides is 2. The summed E-state index contributed by atoms with van der Waals surface area (Å²) in [4.78, 5) is 28.6. The van der Waals surface area contributed by atoms with Crippen LogP contribution in [0, 0.1) is 29.6 Å². The zero-order chi connectivity index (χ0) is 20.4. The fourth-order valence-electron chi connectivity index (χ4n) is 7.10. The number of rotatable bonds is 0. The third-order valence-electron chi connectivity index (χ3n) is 8.41. The van der Waals surface area contributed by atoms with Crippen molar-refractivity contribution >= 4 is 11.8 Å². The molecule has 2 aliphatic heterocycles. The lowest BCUT2D eigenvalue weighted by molar-refractivity contribution is -0.232. The van der Waals surface area contributed by atoms with Crippen LogP contribution in [0.15, 0.2) is 0 Å². The van der Waals surface area contributed by atoms with Gasteiger partial charge in [-0.25, -0.2) is 0 Å². The number of hydrogen-bond acceptors (Lipinski definition) is 3. The number of halogens is 3. The van der Waals surface area contributed by atoms with Crippen molar-refractivity contribution in [2.75, 3.05) is 32.8 Å². The summed E-state index contributed by atoms with van der Waals surface area (Å²) < 4.78 is 45.0. The fraction of sp³-hybridized carbons (Fsp3) is 0.905. The molecule has 2 amide bonds. The highest BCUT2D eigenvalue weighted by Crippen LogP contribution is 2.60. The van der Waals surface area contributed by atoms with E-state index in [-0.39, 0.29) is 31.5 Å². The number of ether oxygens (including phenoxy) is 1. The van der Waals surface area contributed by atoms with Crippen molar-refractivity contribution in [2.45, 2.75) is 56.7 Å². The van der Waals surface area contributed by atoms with Gasteiger partial charge in [0.1, 0.15) is 0 Å². The van der Waals surface area contributed by atoms with E-state index in [4.69, 9.17) is 4.74 Å². The predicted molar refractivity (Wildman–Crippen MR) is 97.7 cm³/mol. The van der Waals surface area contributed by atoms with E-state index in [0.717, 1.165) is 37.5 Å². The maximum Gasteiger partial charge on any atom is 0.391 e. The second-order valence-corrected chi connectivity index (χ2v) is 9.94. The van der Waals surface area contributed by atoms with E-state index in [1.165, 1.54) is 11.3 Å². The van der Waals surface area contributed by atoms with Crippen LogP contribution in [0.4, 0.5) is 13.2 Å². The summed E-state index contributed by atoms with van der Waals surface area (Å²) in [7, 11) is 0. The third kappa shape index (κ3) is 3.26. The van der Waals surface area contributed by atoms with Crippen molar-refractivity contribution < 1.29 is 27.5 Å². The number of nitrogens with zero attached hydrogens (tertiary/aromatic N) is 2. The van der Waals surface area contributed by atoms with Crippen molar-refractivity contribution in [3.05, 3.63) is 0 Å². The van der Waals surface area contributed by atoms with E-state index in [1.54, 1.807) is 4.90 Å². The molecule has 2 saturated heterocycles. The Balaban J connectivity index is 1.24. The molecule has 0 atom stereocenters. The maximum atomic E-state index is 13.0. The lowest BCUT2D eigenvalue weighted by Gasteiger charge is -2.62. The largest absolute Gasteiger partial charge is 0.391 e. The maximum absolute atomic E-state index is 13.0. The number of hydrogen-bond donors (Lipinski definition) is 0. The molecule has 0 aromatic carbocycles. The van der Waals surface area contributed by atoms with Gasteiger partial charge in [-0.15, -0.1) is 0 Å². The summed E-state index contributed by atoms with van der Waals surface area (Å²) in [6, 6.07) is 0. The first-order valence-electron chi connectivity index (χ1n) is 11.0. The second kappa shape index (κ2) is 6.86.